The van der Waals surface area contributed by atoms with Crippen molar-refractivity contribution in [1.82, 2.24) is 9.97 Å². The van der Waals surface area contributed by atoms with E-state index in [-0.39, 0.29) is 11.6 Å². The highest BCUT2D eigenvalue weighted by Crippen LogP contribution is 2.07. The fraction of sp³-hybridized carbons (Fsp3) is 0.214. The number of benzene rings is 1. The van der Waals surface area contributed by atoms with E-state index < -0.39 is 5.97 Å². The topological polar surface area (TPSA) is 72.3 Å². The monoisotopic (exact) mass is 258 g/mol. The summed E-state index contributed by atoms with van der Waals surface area (Å²) in [6.07, 6.45) is 4.35. The summed E-state index contributed by atoms with van der Waals surface area (Å²) < 4.78 is 5.38. The van der Waals surface area contributed by atoms with Gasteiger partial charge in [0.2, 0.25) is 5.88 Å². The highest BCUT2D eigenvalue weighted by atomic mass is 16.5. The van der Waals surface area contributed by atoms with Crippen molar-refractivity contribution in [3.8, 4) is 5.88 Å². The van der Waals surface area contributed by atoms with Gasteiger partial charge in [-0.2, -0.15) is 0 Å². The number of aromatic nitrogens is 2. The molecular formula is C14H14N2O3. The SMILES string of the molecule is O=C(O)c1cncc(OCCCc2ccccc2)n1. The second-order valence-electron chi connectivity index (χ2n) is 3.99. The van der Waals surface area contributed by atoms with Crippen LogP contribution in [-0.2, 0) is 6.42 Å². The Labute approximate surface area is 110 Å². The smallest absolute Gasteiger partial charge is 0.356 e. The van der Waals surface area contributed by atoms with Gasteiger partial charge in [-0.05, 0) is 18.4 Å². The van der Waals surface area contributed by atoms with E-state index in [0.29, 0.717) is 6.61 Å². The lowest BCUT2D eigenvalue weighted by molar-refractivity contribution is 0.0688. The van der Waals surface area contributed by atoms with Gasteiger partial charge in [0.15, 0.2) is 5.69 Å². The van der Waals surface area contributed by atoms with Gasteiger partial charge in [-0.15, -0.1) is 0 Å². The van der Waals surface area contributed by atoms with Crippen molar-refractivity contribution in [3.05, 3.63) is 54.0 Å². The van der Waals surface area contributed by atoms with Gasteiger partial charge >= 0.3 is 5.97 Å². The van der Waals surface area contributed by atoms with Crippen molar-refractivity contribution < 1.29 is 14.6 Å². The summed E-state index contributed by atoms with van der Waals surface area (Å²) in [5.41, 5.74) is 1.14. The minimum Gasteiger partial charge on any atom is -0.477 e. The van der Waals surface area contributed by atoms with Gasteiger partial charge in [-0.3, -0.25) is 4.98 Å². The molecule has 2 rings (SSSR count). The Morgan fingerprint density at radius 3 is 2.74 bits per heavy atom. The van der Waals surface area contributed by atoms with Gasteiger partial charge in [0.05, 0.1) is 19.0 Å². The van der Waals surface area contributed by atoms with E-state index in [9.17, 15) is 4.79 Å². The minimum atomic E-state index is -1.11. The molecule has 0 saturated heterocycles. The van der Waals surface area contributed by atoms with E-state index in [1.807, 2.05) is 18.2 Å². The molecule has 0 amide bonds. The van der Waals surface area contributed by atoms with Crippen LogP contribution in [0.4, 0.5) is 0 Å². The second kappa shape index (κ2) is 6.49. The zero-order chi connectivity index (χ0) is 13.5. The van der Waals surface area contributed by atoms with Crippen LogP contribution >= 0.6 is 0 Å². The molecule has 5 heteroatoms. The van der Waals surface area contributed by atoms with Gasteiger partial charge in [-0.25, -0.2) is 9.78 Å². The van der Waals surface area contributed by atoms with Gasteiger partial charge in [0.25, 0.3) is 0 Å². The number of ether oxygens (including phenoxy) is 1. The molecule has 1 aromatic heterocycles. The summed E-state index contributed by atoms with van der Waals surface area (Å²) in [6.45, 7) is 0.479. The Morgan fingerprint density at radius 2 is 2.00 bits per heavy atom. The molecule has 1 heterocycles. The summed E-state index contributed by atoms with van der Waals surface area (Å²) in [4.78, 5) is 18.3. The summed E-state index contributed by atoms with van der Waals surface area (Å²) in [7, 11) is 0. The second-order valence-corrected chi connectivity index (χ2v) is 3.99. The van der Waals surface area contributed by atoms with Gasteiger partial charge < -0.3 is 9.84 Å². The van der Waals surface area contributed by atoms with E-state index in [1.54, 1.807) is 0 Å². The maximum atomic E-state index is 10.7. The molecule has 0 atom stereocenters. The van der Waals surface area contributed by atoms with Crippen LogP contribution in [0.25, 0.3) is 0 Å². The molecule has 1 N–H and O–H groups in total. The predicted molar refractivity (Wildman–Crippen MR) is 69.2 cm³/mol. The zero-order valence-electron chi connectivity index (χ0n) is 10.3. The molecule has 0 saturated carbocycles. The van der Waals surface area contributed by atoms with Gasteiger partial charge in [0, 0.05) is 0 Å². The van der Waals surface area contributed by atoms with Crippen LogP contribution in [0.3, 0.4) is 0 Å². The lowest BCUT2D eigenvalue weighted by Crippen LogP contribution is -2.05. The third-order valence-corrected chi connectivity index (χ3v) is 2.53. The molecular weight excluding hydrogens is 244 g/mol. The summed E-state index contributed by atoms with van der Waals surface area (Å²) >= 11 is 0. The molecule has 98 valence electrons. The van der Waals surface area contributed by atoms with Crippen LogP contribution < -0.4 is 4.74 Å². The maximum absolute atomic E-state index is 10.7. The van der Waals surface area contributed by atoms with E-state index in [1.165, 1.54) is 18.0 Å². The standard InChI is InChI=1S/C14H14N2O3/c17-14(18)12-9-15-10-13(16-12)19-8-4-7-11-5-2-1-3-6-11/h1-3,5-6,9-10H,4,7-8H2,(H,17,18). The molecule has 19 heavy (non-hydrogen) atoms. The Kier molecular flexibility index (Phi) is 4.44. The fourth-order valence-corrected chi connectivity index (χ4v) is 1.62. The zero-order valence-corrected chi connectivity index (χ0v) is 10.3. The molecule has 0 radical (unpaired) electrons. The molecule has 0 unspecified atom stereocenters. The normalized spacial score (nSPS) is 10.1. The van der Waals surface area contributed by atoms with Crippen LogP contribution in [0.15, 0.2) is 42.7 Å². The first-order chi connectivity index (χ1) is 9.25. The largest absolute Gasteiger partial charge is 0.477 e. The number of carboxylic acid groups (broad SMARTS) is 1. The summed E-state index contributed by atoms with van der Waals surface area (Å²) in [5.74, 6) is -0.866. The fourth-order valence-electron chi connectivity index (χ4n) is 1.62. The first-order valence-corrected chi connectivity index (χ1v) is 5.98. The number of carbonyl (C=O) groups is 1. The average molecular weight is 258 g/mol. The first-order valence-electron chi connectivity index (χ1n) is 5.98. The predicted octanol–water partition coefficient (Wildman–Crippen LogP) is 2.19. The minimum absolute atomic E-state index is 0.111. The average Bonchev–Trinajstić information content (AvgIpc) is 2.45. The van der Waals surface area contributed by atoms with Crippen molar-refractivity contribution in [1.29, 1.82) is 0 Å². The summed E-state index contributed by atoms with van der Waals surface area (Å²) in [6, 6.07) is 10.1. The van der Waals surface area contributed by atoms with Crippen LogP contribution in [0.1, 0.15) is 22.5 Å². The third kappa shape index (κ3) is 4.06. The van der Waals surface area contributed by atoms with E-state index >= 15 is 0 Å². The lowest BCUT2D eigenvalue weighted by Gasteiger charge is -2.05. The quantitative estimate of drug-likeness (QED) is 0.804. The van der Waals surface area contributed by atoms with Crippen molar-refractivity contribution in [3.63, 3.8) is 0 Å². The number of aromatic carboxylic acids is 1. The number of rotatable bonds is 6. The molecule has 0 aliphatic carbocycles. The van der Waals surface area contributed by atoms with E-state index in [2.05, 4.69) is 22.1 Å². The third-order valence-electron chi connectivity index (χ3n) is 2.53. The van der Waals surface area contributed by atoms with Crippen molar-refractivity contribution >= 4 is 5.97 Å². The Bertz CT molecular complexity index is 543. The van der Waals surface area contributed by atoms with Crippen LogP contribution in [0.2, 0.25) is 0 Å². The number of hydrogen-bond donors (Lipinski definition) is 1. The van der Waals surface area contributed by atoms with E-state index in [4.69, 9.17) is 9.84 Å². The molecule has 0 spiro atoms. The first kappa shape index (κ1) is 13.0. The van der Waals surface area contributed by atoms with Gasteiger partial charge in [0.1, 0.15) is 0 Å². The van der Waals surface area contributed by atoms with Crippen LogP contribution in [0.5, 0.6) is 5.88 Å². The number of carboxylic acids is 1. The Hall–Kier alpha value is -2.43. The molecule has 0 bridgehead atoms. The summed E-state index contributed by atoms with van der Waals surface area (Å²) in [5, 5.41) is 8.77. The Balaban J connectivity index is 1.80. The highest BCUT2D eigenvalue weighted by molar-refractivity contribution is 5.84. The molecule has 0 fully saturated rings. The molecule has 0 aliphatic heterocycles. The lowest BCUT2D eigenvalue weighted by atomic mass is 10.1. The molecule has 0 aliphatic rings. The van der Waals surface area contributed by atoms with Crippen molar-refractivity contribution in [2.24, 2.45) is 0 Å². The van der Waals surface area contributed by atoms with Crippen molar-refractivity contribution in [2.45, 2.75) is 12.8 Å². The molecule has 2 aromatic rings. The van der Waals surface area contributed by atoms with Crippen LogP contribution in [-0.4, -0.2) is 27.7 Å². The number of nitrogens with zero attached hydrogens (tertiary/aromatic N) is 2. The molecule has 1 aromatic carbocycles. The maximum Gasteiger partial charge on any atom is 0.356 e. The number of aryl methyl sites for hydroxylation is 1. The van der Waals surface area contributed by atoms with E-state index in [0.717, 1.165) is 12.8 Å². The molecule has 5 nitrogen and oxygen atoms in total. The highest BCUT2D eigenvalue weighted by Gasteiger charge is 2.06. The number of hydrogen-bond acceptors (Lipinski definition) is 4. The van der Waals surface area contributed by atoms with Crippen LogP contribution in [0, 0.1) is 0 Å². The van der Waals surface area contributed by atoms with Crippen molar-refractivity contribution in [2.75, 3.05) is 6.61 Å². The Morgan fingerprint density at radius 1 is 1.21 bits per heavy atom. The van der Waals surface area contributed by atoms with Gasteiger partial charge in [-0.1, -0.05) is 30.3 Å².